The Kier molecular flexibility index (Phi) is 2.87. The molecule has 2 heterocycles. The smallest absolute Gasteiger partial charge is 0.258 e. The van der Waals surface area contributed by atoms with E-state index in [-0.39, 0.29) is 11.7 Å². The van der Waals surface area contributed by atoms with Crippen LogP contribution < -0.4 is 5.32 Å². The van der Waals surface area contributed by atoms with E-state index in [4.69, 9.17) is 0 Å². The van der Waals surface area contributed by atoms with Gasteiger partial charge in [0, 0.05) is 22.2 Å². The molecule has 0 bridgehead atoms. The van der Waals surface area contributed by atoms with Crippen molar-refractivity contribution in [3.63, 3.8) is 0 Å². The predicted octanol–water partition coefficient (Wildman–Crippen LogP) is 4.17. The van der Waals surface area contributed by atoms with Crippen LogP contribution in [-0.4, -0.2) is 10.9 Å². The first-order chi connectivity index (χ1) is 10.2. The van der Waals surface area contributed by atoms with Crippen LogP contribution in [-0.2, 0) is 6.42 Å². The third-order valence-corrected chi connectivity index (χ3v) is 5.03. The molecule has 0 saturated heterocycles. The molecular weight excluding hydrogens is 307 g/mol. The standard InChI is InChI=1S/C15H9FN2OS2/c16-10-1-2-11-9(5-10)6-12-13(11)17-15(21-12)18-14(19)8-3-4-20-7-8/h1-5,7H,6H2,(H,17,18,19). The summed E-state index contributed by atoms with van der Waals surface area (Å²) in [5.74, 6) is -0.377. The summed E-state index contributed by atoms with van der Waals surface area (Å²) in [5, 5.41) is 7.07. The van der Waals surface area contributed by atoms with Crippen LogP contribution in [0.4, 0.5) is 9.52 Å². The molecule has 0 atom stereocenters. The van der Waals surface area contributed by atoms with Gasteiger partial charge >= 0.3 is 0 Å². The van der Waals surface area contributed by atoms with Gasteiger partial charge in [-0.25, -0.2) is 9.37 Å². The van der Waals surface area contributed by atoms with Crippen LogP contribution in [0.3, 0.4) is 0 Å². The summed E-state index contributed by atoms with van der Waals surface area (Å²) in [6.45, 7) is 0. The molecule has 3 aromatic rings. The van der Waals surface area contributed by atoms with E-state index in [9.17, 15) is 9.18 Å². The first-order valence-corrected chi connectivity index (χ1v) is 8.09. The molecule has 0 fully saturated rings. The predicted molar refractivity (Wildman–Crippen MR) is 82.6 cm³/mol. The number of fused-ring (bicyclic) bond motifs is 3. The van der Waals surface area contributed by atoms with Gasteiger partial charge in [0.2, 0.25) is 0 Å². The average molecular weight is 316 g/mol. The van der Waals surface area contributed by atoms with Gasteiger partial charge in [-0.2, -0.15) is 11.3 Å². The molecule has 0 saturated carbocycles. The Morgan fingerprint density at radius 2 is 2.24 bits per heavy atom. The highest BCUT2D eigenvalue weighted by Crippen LogP contribution is 2.41. The third-order valence-electron chi connectivity index (χ3n) is 3.37. The highest BCUT2D eigenvalue weighted by atomic mass is 32.1. The fourth-order valence-electron chi connectivity index (χ4n) is 2.41. The van der Waals surface area contributed by atoms with Gasteiger partial charge in [-0.1, -0.05) is 0 Å². The Morgan fingerprint density at radius 1 is 1.33 bits per heavy atom. The molecule has 0 spiro atoms. The van der Waals surface area contributed by atoms with Crippen molar-refractivity contribution in [2.24, 2.45) is 0 Å². The number of aromatic nitrogens is 1. The molecule has 1 N–H and O–H groups in total. The Labute approximate surface area is 128 Å². The molecule has 1 aliphatic rings. The summed E-state index contributed by atoms with van der Waals surface area (Å²) in [7, 11) is 0. The zero-order valence-corrected chi connectivity index (χ0v) is 12.4. The van der Waals surface area contributed by atoms with Gasteiger partial charge in [0.1, 0.15) is 5.82 Å². The Balaban J connectivity index is 1.63. The SMILES string of the molecule is O=C(Nc1nc2c(s1)Cc1cc(F)ccc1-2)c1ccsc1. The second-order valence-corrected chi connectivity index (χ2v) is 6.60. The molecule has 6 heteroatoms. The largest absolute Gasteiger partial charge is 0.298 e. The molecule has 21 heavy (non-hydrogen) atoms. The van der Waals surface area contributed by atoms with Crippen molar-refractivity contribution in [3.8, 4) is 11.3 Å². The van der Waals surface area contributed by atoms with Crippen LogP contribution in [0.25, 0.3) is 11.3 Å². The monoisotopic (exact) mass is 316 g/mol. The molecular formula is C15H9FN2OS2. The van der Waals surface area contributed by atoms with Crippen molar-refractivity contribution in [2.45, 2.75) is 6.42 Å². The minimum atomic E-state index is -0.227. The molecule has 4 rings (SSSR count). The van der Waals surface area contributed by atoms with Crippen LogP contribution in [0, 0.1) is 5.82 Å². The van der Waals surface area contributed by atoms with E-state index in [1.807, 2.05) is 5.38 Å². The Morgan fingerprint density at radius 3 is 3.05 bits per heavy atom. The summed E-state index contributed by atoms with van der Waals surface area (Å²) in [6, 6.07) is 6.52. The van der Waals surface area contributed by atoms with E-state index in [0.29, 0.717) is 17.1 Å². The van der Waals surface area contributed by atoms with Crippen molar-refractivity contribution in [3.05, 3.63) is 56.8 Å². The molecule has 0 aliphatic heterocycles. The van der Waals surface area contributed by atoms with Crippen molar-refractivity contribution in [1.29, 1.82) is 0 Å². The van der Waals surface area contributed by atoms with Gasteiger partial charge in [-0.3, -0.25) is 10.1 Å². The minimum absolute atomic E-state index is 0.150. The number of thiazole rings is 1. The summed E-state index contributed by atoms with van der Waals surface area (Å²) < 4.78 is 13.2. The molecule has 2 aromatic heterocycles. The van der Waals surface area contributed by atoms with Gasteiger partial charge in [0.25, 0.3) is 5.91 Å². The van der Waals surface area contributed by atoms with Crippen molar-refractivity contribution < 1.29 is 9.18 Å². The van der Waals surface area contributed by atoms with E-state index in [0.717, 1.165) is 21.7 Å². The Bertz CT molecular complexity index is 839. The maximum atomic E-state index is 13.2. The number of rotatable bonds is 2. The van der Waals surface area contributed by atoms with E-state index in [1.165, 1.54) is 28.7 Å². The number of amides is 1. The number of carbonyl (C=O) groups is 1. The second kappa shape index (κ2) is 4.75. The molecule has 0 unspecified atom stereocenters. The fraction of sp³-hybridized carbons (Fsp3) is 0.0667. The summed E-state index contributed by atoms with van der Waals surface area (Å²) in [4.78, 5) is 17.6. The highest BCUT2D eigenvalue weighted by molar-refractivity contribution is 7.16. The number of halogens is 1. The van der Waals surface area contributed by atoms with Crippen LogP contribution in [0.5, 0.6) is 0 Å². The summed E-state index contributed by atoms with van der Waals surface area (Å²) in [6.07, 6.45) is 0.675. The lowest BCUT2D eigenvalue weighted by Crippen LogP contribution is -2.10. The lowest BCUT2D eigenvalue weighted by molar-refractivity contribution is 0.102. The Hall–Kier alpha value is -2.05. The van der Waals surface area contributed by atoms with Gasteiger partial charge in [-0.15, -0.1) is 11.3 Å². The third kappa shape index (κ3) is 2.16. The number of hydrogen-bond acceptors (Lipinski definition) is 4. The minimum Gasteiger partial charge on any atom is -0.298 e. The quantitative estimate of drug-likeness (QED) is 0.603. The summed E-state index contributed by atoms with van der Waals surface area (Å²) >= 11 is 2.93. The van der Waals surface area contributed by atoms with Crippen LogP contribution >= 0.6 is 22.7 Å². The van der Waals surface area contributed by atoms with Crippen LogP contribution in [0.15, 0.2) is 35.0 Å². The first-order valence-electron chi connectivity index (χ1n) is 6.33. The molecule has 1 aliphatic carbocycles. The lowest BCUT2D eigenvalue weighted by Gasteiger charge is -2.01. The maximum Gasteiger partial charge on any atom is 0.258 e. The van der Waals surface area contributed by atoms with E-state index in [2.05, 4.69) is 10.3 Å². The second-order valence-electron chi connectivity index (χ2n) is 4.74. The highest BCUT2D eigenvalue weighted by Gasteiger charge is 2.24. The number of nitrogens with zero attached hydrogens (tertiary/aromatic N) is 1. The molecule has 0 radical (unpaired) electrons. The number of carbonyl (C=O) groups excluding carboxylic acids is 1. The zero-order chi connectivity index (χ0) is 14.4. The molecule has 104 valence electrons. The zero-order valence-electron chi connectivity index (χ0n) is 10.7. The number of anilines is 1. The fourth-order valence-corrected chi connectivity index (χ4v) is 4.04. The van der Waals surface area contributed by atoms with Crippen LogP contribution in [0.2, 0.25) is 0 Å². The topological polar surface area (TPSA) is 42.0 Å². The number of hydrogen-bond donors (Lipinski definition) is 1. The maximum absolute atomic E-state index is 13.2. The molecule has 3 nitrogen and oxygen atoms in total. The van der Waals surface area contributed by atoms with Crippen LogP contribution in [0.1, 0.15) is 20.8 Å². The first kappa shape index (κ1) is 12.7. The van der Waals surface area contributed by atoms with E-state index in [1.54, 1.807) is 23.6 Å². The number of nitrogens with one attached hydrogen (secondary N) is 1. The van der Waals surface area contributed by atoms with Gasteiger partial charge in [0.05, 0.1) is 11.3 Å². The van der Waals surface area contributed by atoms with Crippen molar-refractivity contribution >= 4 is 33.7 Å². The van der Waals surface area contributed by atoms with Gasteiger partial charge in [0.15, 0.2) is 5.13 Å². The lowest BCUT2D eigenvalue weighted by atomic mass is 10.1. The van der Waals surface area contributed by atoms with Crippen molar-refractivity contribution in [1.82, 2.24) is 4.98 Å². The van der Waals surface area contributed by atoms with Crippen molar-refractivity contribution in [2.75, 3.05) is 5.32 Å². The van der Waals surface area contributed by atoms with Gasteiger partial charge in [-0.05, 0) is 35.2 Å². The van der Waals surface area contributed by atoms with E-state index >= 15 is 0 Å². The molecule has 1 aromatic carbocycles. The molecule has 1 amide bonds. The normalized spacial score (nSPS) is 12.0. The number of benzene rings is 1. The average Bonchev–Trinajstić information content (AvgIpc) is 3.12. The van der Waals surface area contributed by atoms with E-state index < -0.39 is 0 Å². The number of thiophene rings is 1. The summed E-state index contributed by atoms with van der Waals surface area (Å²) in [5.41, 5.74) is 3.41. The van der Waals surface area contributed by atoms with Gasteiger partial charge < -0.3 is 0 Å².